The van der Waals surface area contributed by atoms with Crippen molar-refractivity contribution in [1.29, 1.82) is 0 Å². The van der Waals surface area contributed by atoms with Crippen molar-refractivity contribution in [3.05, 3.63) is 58.1 Å². The van der Waals surface area contributed by atoms with E-state index in [1.54, 1.807) is 26.2 Å². The lowest BCUT2D eigenvalue weighted by Crippen LogP contribution is -2.28. The Labute approximate surface area is 144 Å². The topological polar surface area (TPSA) is 55.4 Å². The summed E-state index contributed by atoms with van der Waals surface area (Å²) in [5.74, 6) is 0.689. The van der Waals surface area contributed by atoms with E-state index in [0.717, 1.165) is 22.3 Å². The van der Waals surface area contributed by atoms with E-state index in [1.165, 1.54) is 0 Å². The highest BCUT2D eigenvalue weighted by Crippen LogP contribution is 2.28. The van der Waals surface area contributed by atoms with Gasteiger partial charge in [-0.2, -0.15) is 0 Å². The third kappa shape index (κ3) is 3.62. The van der Waals surface area contributed by atoms with Gasteiger partial charge in [-0.05, 0) is 69.0 Å². The molecule has 0 aliphatic carbocycles. The molecule has 0 fully saturated rings. The third-order valence-corrected chi connectivity index (χ3v) is 6.12. The van der Waals surface area contributed by atoms with E-state index in [4.69, 9.17) is 4.74 Å². The minimum absolute atomic E-state index is 0.290. The number of benzene rings is 2. The van der Waals surface area contributed by atoms with Crippen molar-refractivity contribution in [1.82, 2.24) is 4.72 Å². The second-order valence-electron chi connectivity index (χ2n) is 6.22. The number of ether oxygens (including phenoxy) is 1. The van der Waals surface area contributed by atoms with Gasteiger partial charge in [0.15, 0.2) is 0 Å². The summed E-state index contributed by atoms with van der Waals surface area (Å²) in [6.07, 6.45) is 0. The first-order chi connectivity index (χ1) is 11.2. The van der Waals surface area contributed by atoms with Gasteiger partial charge in [0.1, 0.15) is 5.75 Å². The summed E-state index contributed by atoms with van der Waals surface area (Å²) in [6.45, 7) is 9.52. The van der Waals surface area contributed by atoms with E-state index in [0.29, 0.717) is 11.3 Å². The molecule has 0 saturated carbocycles. The van der Waals surface area contributed by atoms with Crippen LogP contribution in [0.15, 0.2) is 35.2 Å². The molecular formula is C19H25NO3S. The Hall–Kier alpha value is -1.85. The van der Waals surface area contributed by atoms with Crippen LogP contribution in [0.3, 0.4) is 0 Å². The summed E-state index contributed by atoms with van der Waals surface area (Å²) < 4.78 is 33.7. The molecule has 2 rings (SSSR count). The van der Waals surface area contributed by atoms with Gasteiger partial charge in [0.25, 0.3) is 0 Å². The second-order valence-corrected chi connectivity index (χ2v) is 7.90. The lowest BCUT2D eigenvalue weighted by molar-refractivity contribution is 0.410. The number of aryl methyl sites for hydroxylation is 2. The van der Waals surface area contributed by atoms with Gasteiger partial charge in [0.2, 0.25) is 10.0 Å². The Balaban J connectivity index is 2.38. The lowest BCUT2D eigenvalue weighted by atomic mass is 10.0. The first-order valence-electron chi connectivity index (χ1n) is 7.91. The number of sulfonamides is 1. The zero-order chi connectivity index (χ0) is 18.1. The normalized spacial score (nSPS) is 12.9. The van der Waals surface area contributed by atoms with Gasteiger partial charge in [0.05, 0.1) is 12.0 Å². The fraction of sp³-hybridized carbons (Fsp3) is 0.368. The maximum atomic E-state index is 12.8. The standard InChI is InChI=1S/C19H25NO3S/c1-12-7-8-13(2)17(11-12)16(5)20-24(21,22)19-10-9-18(23-6)14(3)15(19)4/h7-11,16,20H,1-6H3. The van der Waals surface area contributed by atoms with Crippen molar-refractivity contribution in [3.63, 3.8) is 0 Å². The maximum absolute atomic E-state index is 12.8. The highest BCUT2D eigenvalue weighted by Gasteiger charge is 2.23. The molecule has 0 aliphatic heterocycles. The lowest BCUT2D eigenvalue weighted by Gasteiger charge is -2.19. The van der Waals surface area contributed by atoms with Gasteiger partial charge >= 0.3 is 0 Å². The van der Waals surface area contributed by atoms with Crippen molar-refractivity contribution in [2.45, 2.75) is 45.6 Å². The molecule has 0 amide bonds. The van der Waals surface area contributed by atoms with Gasteiger partial charge in [-0.15, -0.1) is 0 Å². The molecule has 24 heavy (non-hydrogen) atoms. The highest BCUT2D eigenvalue weighted by atomic mass is 32.2. The van der Waals surface area contributed by atoms with Gasteiger partial charge in [-0.25, -0.2) is 13.1 Å². The average Bonchev–Trinajstić information content (AvgIpc) is 2.51. The van der Waals surface area contributed by atoms with Crippen molar-refractivity contribution in [3.8, 4) is 5.75 Å². The van der Waals surface area contributed by atoms with Crippen LogP contribution in [0.25, 0.3) is 0 Å². The molecule has 5 heteroatoms. The summed E-state index contributed by atoms with van der Waals surface area (Å²) in [4.78, 5) is 0.290. The van der Waals surface area contributed by atoms with Crippen LogP contribution in [0.5, 0.6) is 5.75 Å². The van der Waals surface area contributed by atoms with E-state index in [9.17, 15) is 8.42 Å². The molecule has 0 bridgehead atoms. The number of nitrogens with one attached hydrogen (secondary N) is 1. The van der Waals surface area contributed by atoms with Crippen LogP contribution in [0.4, 0.5) is 0 Å². The van der Waals surface area contributed by atoms with E-state index < -0.39 is 10.0 Å². The molecule has 0 heterocycles. The molecule has 2 aromatic rings. The summed E-state index contributed by atoms with van der Waals surface area (Å²) in [5.41, 5.74) is 4.70. The minimum Gasteiger partial charge on any atom is -0.496 e. The molecular weight excluding hydrogens is 322 g/mol. The van der Waals surface area contributed by atoms with Crippen molar-refractivity contribution >= 4 is 10.0 Å². The smallest absolute Gasteiger partial charge is 0.241 e. The summed E-state index contributed by atoms with van der Waals surface area (Å²) in [6, 6.07) is 9.04. The Morgan fingerprint density at radius 3 is 2.29 bits per heavy atom. The molecule has 1 unspecified atom stereocenters. The average molecular weight is 347 g/mol. The van der Waals surface area contributed by atoms with Crippen LogP contribution in [-0.4, -0.2) is 15.5 Å². The van der Waals surface area contributed by atoms with Crippen LogP contribution >= 0.6 is 0 Å². The fourth-order valence-electron chi connectivity index (χ4n) is 2.87. The third-order valence-electron chi connectivity index (χ3n) is 4.43. The molecule has 0 aromatic heterocycles. The van der Waals surface area contributed by atoms with Gasteiger partial charge in [0, 0.05) is 6.04 Å². The van der Waals surface area contributed by atoms with E-state index >= 15 is 0 Å². The first kappa shape index (κ1) is 18.5. The van der Waals surface area contributed by atoms with E-state index in [1.807, 2.05) is 45.9 Å². The molecule has 1 N–H and O–H groups in total. The molecule has 0 spiro atoms. The molecule has 0 radical (unpaired) electrons. The minimum atomic E-state index is -3.62. The highest BCUT2D eigenvalue weighted by molar-refractivity contribution is 7.89. The summed E-state index contributed by atoms with van der Waals surface area (Å²) in [7, 11) is -2.04. The number of hydrogen-bond donors (Lipinski definition) is 1. The van der Waals surface area contributed by atoms with E-state index in [2.05, 4.69) is 4.72 Å². The quantitative estimate of drug-likeness (QED) is 0.890. The van der Waals surface area contributed by atoms with Gasteiger partial charge in [-0.3, -0.25) is 0 Å². The second kappa shape index (κ2) is 6.95. The number of hydrogen-bond acceptors (Lipinski definition) is 3. The number of rotatable bonds is 5. The maximum Gasteiger partial charge on any atom is 0.241 e. The van der Waals surface area contributed by atoms with Crippen molar-refractivity contribution < 1.29 is 13.2 Å². The number of methoxy groups -OCH3 is 1. The molecule has 2 aromatic carbocycles. The summed E-state index contributed by atoms with van der Waals surface area (Å²) >= 11 is 0. The van der Waals surface area contributed by atoms with Crippen LogP contribution in [0.1, 0.15) is 40.8 Å². The van der Waals surface area contributed by atoms with Crippen LogP contribution < -0.4 is 9.46 Å². The largest absolute Gasteiger partial charge is 0.496 e. The Morgan fingerprint density at radius 2 is 1.67 bits per heavy atom. The Bertz CT molecular complexity index is 857. The Morgan fingerprint density at radius 1 is 1.00 bits per heavy atom. The van der Waals surface area contributed by atoms with Crippen molar-refractivity contribution in [2.24, 2.45) is 0 Å². The van der Waals surface area contributed by atoms with Crippen LogP contribution in [0.2, 0.25) is 0 Å². The molecule has 4 nitrogen and oxygen atoms in total. The summed E-state index contributed by atoms with van der Waals surface area (Å²) in [5, 5.41) is 0. The molecule has 1 atom stereocenters. The predicted molar refractivity (Wildman–Crippen MR) is 97.1 cm³/mol. The van der Waals surface area contributed by atoms with Crippen LogP contribution in [-0.2, 0) is 10.0 Å². The molecule has 0 aliphatic rings. The van der Waals surface area contributed by atoms with E-state index in [-0.39, 0.29) is 10.9 Å². The SMILES string of the molecule is COc1ccc(S(=O)(=O)NC(C)c2cc(C)ccc2C)c(C)c1C. The van der Waals surface area contributed by atoms with Gasteiger partial charge in [-0.1, -0.05) is 23.8 Å². The molecule has 0 saturated heterocycles. The monoisotopic (exact) mass is 347 g/mol. The zero-order valence-corrected chi connectivity index (χ0v) is 15.9. The molecule has 130 valence electrons. The van der Waals surface area contributed by atoms with Gasteiger partial charge < -0.3 is 4.74 Å². The zero-order valence-electron chi connectivity index (χ0n) is 15.1. The first-order valence-corrected chi connectivity index (χ1v) is 9.39. The fourth-order valence-corrected chi connectivity index (χ4v) is 4.39. The van der Waals surface area contributed by atoms with Crippen molar-refractivity contribution in [2.75, 3.05) is 7.11 Å². The predicted octanol–water partition coefficient (Wildman–Crippen LogP) is 3.97. The Kier molecular flexibility index (Phi) is 5.35. The van der Waals surface area contributed by atoms with Crippen LogP contribution in [0, 0.1) is 27.7 Å².